The maximum absolute atomic E-state index is 12.6. The fraction of sp³-hybridized carbons (Fsp3) is 0.471. The second-order valence-corrected chi connectivity index (χ2v) is 6.57. The molecule has 0 aliphatic rings. The lowest BCUT2D eigenvalue weighted by molar-refractivity contribution is -0.384. The Bertz CT molecular complexity index is 715. The minimum absolute atomic E-state index is 0.0576. The molecule has 2 atom stereocenters. The number of benzene rings is 1. The Labute approximate surface area is 162 Å². The van der Waals surface area contributed by atoms with Crippen LogP contribution < -0.4 is 27.8 Å². The van der Waals surface area contributed by atoms with Crippen molar-refractivity contribution < 1.29 is 14.5 Å². The smallest absolute Gasteiger partial charge is 0.269 e. The van der Waals surface area contributed by atoms with Gasteiger partial charge < -0.3 is 27.8 Å². The first-order valence-corrected chi connectivity index (χ1v) is 8.78. The molecule has 0 spiro atoms. The maximum Gasteiger partial charge on any atom is 0.269 e. The Morgan fingerprint density at radius 2 is 1.79 bits per heavy atom. The normalized spacial score (nSPS) is 12.7. The quantitative estimate of drug-likeness (QED) is 0.122. The lowest BCUT2D eigenvalue weighted by Crippen LogP contribution is -2.51. The highest BCUT2D eigenvalue weighted by atomic mass is 16.6. The number of non-ortho nitro benzene ring substituents is 1. The predicted molar refractivity (Wildman–Crippen MR) is 106 cm³/mol. The molecule has 0 aliphatic heterocycles. The summed E-state index contributed by atoms with van der Waals surface area (Å²) in [6, 6.07) is 3.75. The summed E-state index contributed by atoms with van der Waals surface area (Å²) in [4.78, 5) is 38.9. The zero-order valence-corrected chi connectivity index (χ0v) is 15.9. The summed E-state index contributed by atoms with van der Waals surface area (Å²) in [5, 5.41) is 16.0. The Hall–Kier alpha value is -3.21. The Morgan fingerprint density at radius 3 is 2.29 bits per heavy atom. The standard InChI is InChI=1S/C17H27N7O4/c1-10(2)14(18)16(26)23-13(4-3-9-21-17(19)20)15(25)22-11-5-7-12(8-6-11)24(27)28/h5-8,10,13-14H,3-4,9,18H2,1-2H3,(H,22,25)(H,23,26)(H4,19,20,21)/t13-,14-/m0/s1. The van der Waals surface area contributed by atoms with E-state index in [1.54, 1.807) is 13.8 Å². The van der Waals surface area contributed by atoms with Crippen molar-refractivity contribution in [2.75, 3.05) is 11.9 Å². The van der Waals surface area contributed by atoms with Crippen molar-refractivity contribution in [3.63, 3.8) is 0 Å². The molecule has 1 rings (SSSR count). The summed E-state index contributed by atoms with van der Waals surface area (Å²) >= 11 is 0. The molecule has 11 nitrogen and oxygen atoms in total. The van der Waals surface area contributed by atoms with Crippen LogP contribution in [-0.4, -0.2) is 41.3 Å². The first-order chi connectivity index (χ1) is 13.1. The van der Waals surface area contributed by atoms with Crippen LogP contribution in [0.3, 0.4) is 0 Å². The molecule has 0 radical (unpaired) electrons. The summed E-state index contributed by atoms with van der Waals surface area (Å²) in [6.45, 7) is 3.90. The molecule has 8 N–H and O–H groups in total. The highest BCUT2D eigenvalue weighted by Crippen LogP contribution is 2.16. The number of hydrogen-bond acceptors (Lipinski definition) is 6. The first-order valence-electron chi connectivity index (χ1n) is 8.78. The van der Waals surface area contributed by atoms with E-state index in [9.17, 15) is 19.7 Å². The molecule has 0 fully saturated rings. The van der Waals surface area contributed by atoms with Crippen molar-refractivity contribution in [1.29, 1.82) is 0 Å². The number of rotatable bonds is 10. The molecule has 0 saturated heterocycles. The molecule has 0 bridgehead atoms. The van der Waals surface area contributed by atoms with Crippen LogP contribution in [0.25, 0.3) is 0 Å². The van der Waals surface area contributed by atoms with E-state index in [-0.39, 0.29) is 24.0 Å². The number of hydrogen-bond donors (Lipinski definition) is 5. The molecule has 0 aliphatic carbocycles. The summed E-state index contributed by atoms with van der Waals surface area (Å²) in [7, 11) is 0. The summed E-state index contributed by atoms with van der Waals surface area (Å²) < 4.78 is 0. The lowest BCUT2D eigenvalue weighted by Gasteiger charge is -2.22. The maximum atomic E-state index is 12.6. The minimum atomic E-state index is -0.860. The lowest BCUT2D eigenvalue weighted by atomic mass is 10.0. The fourth-order valence-electron chi connectivity index (χ4n) is 2.24. The third kappa shape index (κ3) is 7.58. The van der Waals surface area contributed by atoms with E-state index >= 15 is 0 Å². The van der Waals surface area contributed by atoms with Crippen LogP contribution in [0.15, 0.2) is 29.3 Å². The van der Waals surface area contributed by atoms with Crippen molar-refractivity contribution in [2.24, 2.45) is 28.1 Å². The molecule has 154 valence electrons. The third-order valence-corrected chi connectivity index (χ3v) is 3.94. The number of carbonyl (C=O) groups excluding carboxylic acids is 2. The highest BCUT2D eigenvalue weighted by Gasteiger charge is 2.25. The van der Waals surface area contributed by atoms with Gasteiger partial charge in [-0.05, 0) is 30.9 Å². The molecule has 0 saturated carbocycles. The monoisotopic (exact) mass is 393 g/mol. The van der Waals surface area contributed by atoms with Gasteiger partial charge in [-0.15, -0.1) is 0 Å². The third-order valence-electron chi connectivity index (χ3n) is 3.94. The van der Waals surface area contributed by atoms with Crippen LogP contribution in [0.2, 0.25) is 0 Å². The van der Waals surface area contributed by atoms with Gasteiger partial charge in [0.15, 0.2) is 5.96 Å². The molecule has 1 aromatic rings. The van der Waals surface area contributed by atoms with E-state index in [0.717, 1.165) is 0 Å². The van der Waals surface area contributed by atoms with Crippen LogP contribution in [0.1, 0.15) is 26.7 Å². The van der Waals surface area contributed by atoms with Crippen molar-refractivity contribution in [3.8, 4) is 0 Å². The van der Waals surface area contributed by atoms with Crippen molar-refractivity contribution in [2.45, 2.75) is 38.8 Å². The molecule has 11 heteroatoms. The van der Waals surface area contributed by atoms with Gasteiger partial charge in [0, 0.05) is 24.4 Å². The van der Waals surface area contributed by atoms with Crippen molar-refractivity contribution in [3.05, 3.63) is 34.4 Å². The van der Waals surface area contributed by atoms with Crippen LogP contribution in [-0.2, 0) is 9.59 Å². The number of guanidine groups is 1. The number of carbonyl (C=O) groups is 2. The summed E-state index contributed by atoms with van der Waals surface area (Å²) in [5.41, 5.74) is 16.7. The van der Waals surface area contributed by atoms with Gasteiger partial charge in [0.05, 0.1) is 11.0 Å². The van der Waals surface area contributed by atoms with Gasteiger partial charge in [0.2, 0.25) is 11.8 Å². The number of amides is 2. The number of anilines is 1. The van der Waals surface area contributed by atoms with E-state index in [1.807, 2.05) is 0 Å². The number of nitro benzene ring substituents is 1. The average Bonchev–Trinajstić information content (AvgIpc) is 2.63. The second kappa shape index (κ2) is 10.8. The van der Waals surface area contributed by atoms with Gasteiger partial charge in [0.25, 0.3) is 5.69 Å². The average molecular weight is 393 g/mol. The molecular weight excluding hydrogens is 366 g/mol. The Kier molecular flexibility index (Phi) is 8.82. The van der Waals surface area contributed by atoms with Gasteiger partial charge in [0.1, 0.15) is 6.04 Å². The Balaban J connectivity index is 2.82. The minimum Gasteiger partial charge on any atom is -0.370 e. The van der Waals surface area contributed by atoms with E-state index in [2.05, 4.69) is 15.6 Å². The van der Waals surface area contributed by atoms with Crippen LogP contribution in [0.5, 0.6) is 0 Å². The number of aliphatic imine (C=N–C) groups is 1. The van der Waals surface area contributed by atoms with Gasteiger partial charge in [-0.1, -0.05) is 13.8 Å². The van der Waals surface area contributed by atoms with Crippen LogP contribution in [0.4, 0.5) is 11.4 Å². The van der Waals surface area contributed by atoms with Crippen LogP contribution >= 0.6 is 0 Å². The zero-order chi connectivity index (χ0) is 21.3. The summed E-state index contributed by atoms with van der Waals surface area (Å²) in [6.07, 6.45) is 0.736. The van der Waals surface area contributed by atoms with Gasteiger partial charge >= 0.3 is 0 Å². The van der Waals surface area contributed by atoms with Gasteiger partial charge in [-0.3, -0.25) is 24.7 Å². The first kappa shape index (κ1) is 22.8. The van der Waals surface area contributed by atoms with E-state index in [1.165, 1.54) is 24.3 Å². The zero-order valence-electron chi connectivity index (χ0n) is 15.9. The molecule has 1 aromatic carbocycles. The van der Waals surface area contributed by atoms with Crippen molar-refractivity contribution in [1.82, 2.24) is 5.32 Å². The molecule has 2 amide bonds. The fourth-order valence-corrected chi connectivity index (χ4v) is 2.24. The van der Waals surface area contributed by atoms with E-state index in [4.69, 9.17) is 17.2 Å². The van der Waals surface area contributed by atoms with Crippen molar-refractivity contribution >= 4 is 29.1 Å². The molecule has 0 aromatic heterocycles. The highest BCUT2D eigenvalue weighted by molar-refractivity contribution is 5.97. The SMILES string of the molecule is CC(C)[C@H](N)C(=O)N[C@@H](CCCN=C(N)N)C(=O)Nc1ccc([N+](=O)[O-])cc1. The topological polar surface area (TPSA) is 192 Å². The molecule has 0 heterocycles. The number of nitrogens with zero attached hydrogens (tertiary/aromatic N) is 2. The van der Waals surface area contributed by atoms with E-state index in [0.29, 0.717) is 18.7 Å². The van der Waals surface area contributed by atoms with Gasteiger partial charge in [-0.2, -0.15) is 0 Å². The van der Waals surface area contributed by atoms with Crippen LogP contribution in [0, 0.1) is 16.0 Å². The molecular formula is C17H27N7O4. The molecule has 0 unspecified atom stereocenters. The number of nitrogens with two attached hydrogens (primary N) is 3. The van der Waals surface area contributed by atoms with E-state index < -0.39 is 28.8 Å². The second-order valence-electron chi connectivity index (χ2n) is 6.57. The molecule has 28 heavy (non-hydrogen) atoms. The number of nitro groups is 1. The Morgan fingerprint density at radius 1 is 1.18 bits per heavy atom. The predicted octanol–water partition coefficient (Wildman–Crippen LogP) is 0.0550. The van der Waals surface area contributed by atoms with Gasteiger partial charge in [-0.25, -0.2) is 0 Å². The largest absolute Gasteiger partial charge is 0.370 e. The number of nitrogens with one attached hydrogen (secondary N) is 2. The summed E-state index contributed by atoms with van der Waals surface area (Å²) in [5.74, 6) is -1.07.